The molecule has 5 nitrogen and oxygen atoms in total. The number of carbonyl (C=O) groups is 1. The third-order valence-electron chi connectivity index (χ3n) is 4.95. The van der Waals surface area contributed by atoms with Gasteiger partial charge in [0.05, 0.1) is 17.4 Å². The molecule has 0 spiro atoms. The molecule has 2 aliphatic carbocycles. The van der Waals surface area contributed by atoms with Gasteiger partial charge in [-0.25, -0.2) is 18.8 Å². The molecule has 0 atom stereocenters. The van der Waals surface area contributed by atoms with Crippen molar-refractivity contribution < 1.29 is 13.6 Å². The van der Waals surface area contributed by atoms with Gasteiger partial charge in [-0.3, -0.25) is 4.79 Å². The van der Waals surface area contributed by atoms with Crippen molar-refractivity contribution in [1.29, 1.82) is 5.41 Å². The predicted molar refractivity (Wildman–Crippen MR) is 103 cm³/mol. The average Bonchev–Trinajstić information content (AvgIpc) is 3.57. The summed E-state index contributed by atoms with van der Waals surface area (Å²) in [7, 11) is 0. The van der Waals surface area contributed by atoms with Crippen LogP contribution < -0.4 is 5.32 Å². The zero-order valence-corrected chi connectivity index (χ0v) is 15.2. The number of nitrogens with one attached hydrogen (secondary N) is 2. The van der Waals surface area contributed by atoms with E-state index in [0.717, 1.165) is 43.2 Å². The lowest BCUT2D eigenvalue weighted by atomic mass is 10.1. The summed E-state index contributed by atoms with van der Waals surface area (Å²) >= 11 is 0. The van der Waals surface area contributed by atoms with Crippen molar-refractivity contribution in [2.75, 3.05) is 5.32 Å². The first-order valence-electron chi connectivity index (χ1n) is 9.37. The van der Waals surface area contributed by atoms with Gasteiger partial charge in [0.2, 0.25) is 0 Å². The van der Waals surface area contributed by atoms with Gasteiger partial charge in [0.15, 0.2) is 17.5 Å². The van der Waals surface area contributed by atoms with E-state index in [4.69, 9.17) is 5.41 Å². The lowest BCUT2D eigenvalue weighted by Gasteiger charge is -2.08. The molecule has 1 heterocycles. The number of nitrogens with zero attached hydrogens (tertiary/aromatic N) is 2. The fourth-order valence-electron chi connectivity index (χ4n) is 3.01. The van der Waals surface area contributed by atoms with Crippen molar-refractivity contribution in [1.82, 2.24) is 4.98 Å². The van der Waals surface area contributed by atoms with E-state index in [0.29, 0.717) is 29.8 Å². The minimum atomic E-state index is -1.18. The summed E-state index contributed by atoms with van der Waals surface area (Å²) in [5.41, 5.74) is 1.76. The van der Waals surface area contributed by atoms with Crippen LogP contribution in [0.3, 0.4) is 0 Å². The Morgan fingerprint density at radius 2 is 1.89 bits per heavy atom. The van der Waals surface area contributed by atoms with Crippen molar-refractivity contribution in [2.45, 2.75) is 32.1 Å². The van der Waals surface area contributed by atoms with Crippen LogP contribution in [0.5, 0.6) is 0 Å². The summed E-state index contributed by atoms with van der Waals surface area (Å²) in [5, 5.41) is 10.6. The largest absolute Gasteiger partial charge is 0.320 e. The van der Waals surface area contributed by atoms with Crippen LogP contribution in [-0.2, 0) is 0 Å². The van der Waals surface area contributed by atoms with E-state index in [-0.39, 0.29) is 5.56 Å². The maximum Gasteiger partial charge on any atom is 0.258 e. The molecule has 1 aromatic heterocycles. The standard InChI is InChI=1S/C21H20F2N4O/c22-16-3-1-2-15(20(16)23)21(28)26-14-8-9-19(25-11-14)27-18(13-6-7-13)10-17(24)12-4-5-12/h1-3,8-9,11-13,24H,4-7,10H2,(H,26,28). The van der Waals surface area contributed by atoms with E-state index in [9.17, 15) is 13.6 Å². The second kappa shape index (κ2) is 7.58. The Hall–Kier alpha value is -2.96. The summed E-state index contributed by atoms with van der Waals surface area (Å²) in [6, 6.07) is 6.75. The molecule has 7 heteroatoms. The molecular formula is C21H20F2N4O. The second-order valence-electron chi connectivity index (χ2n) is 7.31. The molecule has 0 aliphatic heterocycles. The quantitative estimate of drug-likeness (QED) is 0.667. The Labute approximate surface area is 161 Å². The number of halogens is 2. The van der Waals surface area contributed by atoms with E-state index >= 15 is 0 Å². The van der Waals surface area contributed by atoms with Gasteiger partial charge in [-0.2, -0.15) is 0 Å². The SMILES string of the molecule is N=C(CC(=Nc1ccc(NC(=O)c2cccc(F)c2F)cn1)C1CC1)C1CC1. The van der Waals surface area contributed by atoms with Gasteiger partial charge in [-0.15, -0.1) is 0 Å². The number of aliphatic imine (C=N–C) groups is 1. The highest BCUT2D eigenvalue weighted by Gasteiger charge is 2.32. The van der Waals surface area contributed by atoms with Gasteiger partial charge in [-0.05, 0) is 61.8 Å². The normalized spacial score (nSPS) is 16.7. The lowest BCUT2D eigenvalue weighted by molar-refractivity contribution is 0.102. The number of rotatable bonds is 7. The number of anilines is 1. The number of amides is 1. The van der Waals surface area contributed by atoms with Gasteiger partial charge in [0.1, 0.15) is 0 Å². The highest BCUT2D eigenvalue weighted by molar-refractivity contribution is 6.07. The van der Waals surface area contributed by atoms with Crippen LogP contribution in [0.4, 0.5) is 20.3 Å². The summed E-state index contributed by atoms with van der Waals surface area (Å²) in [6.45, 7) is 0. The number of pyridine rings is 1. The fraction of sp³-hybridized carbons (Fsp3) is 0.333. The highest BCUT2D eigenvalue weighted by Crippen LogP contribution is 2.36. The highest BCUT2D eigenvalue weighted by atomic mass is 19.2. The lowest BCUT2D eigenvalue weighted by Crippen LogP contribution is -2.14. The molecule has 2 aliphatic rings. The minimum Gasteiger partial charge on any atom is -0.320 e. The van der Waals surface area contributed by atoms with Crippen LogP contribution in [0.2, 0.25) is 0 Å². The first-order chi connectivity index (χ1) is 13.5. The summed E-state index contributed by atoms with van der Waals surface area (Å²) < 4.78 is 27.0. The smallest absolute Gasteiger partial charge is 0.258 e. The van der Waals surface area contributed by atoms with Crippen LogP contribution in [0.1, 0.15) is 42.5 Å². The van der Waals surface area contributed by atoms with Crippen LogP contribution in [0.15, 0.2) is 41.5 Å². The van der Waals surface area contributed by atoms with Crippen LogP contribution in [-0.4, -0.2) is 22.3 Å². The predicted octanol–water partition coefficient (Wildman–Crippen LogP) is 4.91. The first-order valence-corrected chi connectivity index (χ1v) is 9.37. The molecule has 4 rings (SSSR count). The van der Waals surface area contributed by atoms with E-state index in [1.807, 2.05) is 0 Å². The second-order valence-corrected chi connectivity index (χ2v) is 7.31. The van der Waals surface area contributed by atoms with Gasteiger partial charge < -0.3 is 10.7 Å². The number of benzene rings is 1. The van der Waals surface area contributed by atoms with E-state index in [1.165, 1.54) is 18.3 Å². The van der Waals surface area contributed by atoms with Gasteiger partial charge in [-0.1, -0.05) is 6.07 Å². The molecular weight excluding hydrogens is 362 g/mol. The number of hydrogen-bond donors (Lipinski definition) is 2. The van der Waals surface area contributed by atoms with Crippen molar-refractivity contribution in [3.05, 3.63) is 53.7 Å². The molecule has 1 aromatic carbocycles. The van der Waals surface area contributed by atoms with E-state index < -0.39 is 17.5 Å². The van der Waals surface area contributed by atoms with Gasteiger partial charge in [0, 0.05) is 17.8 Å². The topological polar surface area (TPSA) is 78.2 Å². The van der Waals surface area contributed by atoms with Crippen LogP contribution in [0.25, 0.3) is 0 Å². The molecule has 0 bridgehead atoms. The van der Waals surface area contributed by atoms with Crippen molar-refractivity contribution in [2.24, 2.45) is 16.8 Å². The number of carbonyl (C=O) groups excluding carboxylic acids is 1. The zero-order chi connectivity index (χ0) is 19.7. The fourth-order valence-corrected chi connectivity index (χ4v) is 3.01. The summed E-state index contributed by atoms with van der Waals surface area (Å²) in [4.78, 5) is 21.0. The average molecular weight is 382 g/mol. The number of aromatic nitrogens is 1. The summed E-state index contributed by atoms with van der Waals surface area (Å²) in [5.74, 6) is -1.61. The van der Waals surface area contributed by atoms with Crippen molar-refractivity contribution in [3.63, 3.8) is 0 Å². The maximum atomic E-state index is 13.7. The van der Waals surface area contributed by atoms with Crippen molar-refractivity contribution in [3.8, 4) is 0 Å². The molecule has 2 N–H and O–H groups in total. The minimum absolute atomic E-state index is 0.364. The number of hydrogen-bond acceptors (Lipinski definition) is 4. The Bertz CT molecular complexity index is 947. The molecule has 2 saturated carbocycles. The monoisotopic (exact) mass is 382 g/mol. The first kappa shape index (κ1) is 18.4. The molecule has 0 radical (unpaired) electrons. The molecule has 2 fully saturated rings. The zero-order valence-electron chi connectivity index (χ0n) is 15.2. The van der Waals surface area contributed by atoms with Gasteiger partial charge in [0.25, 0.3) is 5.91 Å². The Morgan fingerprint density at radius 3 is 2.54 bits per heavy atom. The maximum absolute atomic E-state index is 13.7. The van der Waals surface area contributed by atoms with E-state index in [2.05, 4.69) is 15.3 Å². The molecule has 2 aromatic rings. The third kappa shape index (κ3) is 4.30. The molecule has 28 heavy (non-hydrogen) atoms. The van der Waals surface area contributed by atoms with Crippen LogP contribution >= 0.6 is 0 Å². The van der Waals surface area contributed by atoms with E-state index in [1.54, 1.807) is 12.1 Å². The molecule has 1 amide bonds. The Kier molecular flexibility index (Phi) is 4.98. The van der Waals surface area contributed by atoms with Crippen LogP contribution in [0, 0.1) is 28.9 Å². The Balaban J connectivity index is 1.45. The third-order valence-corrected chi connectivity index (χ3v) is 4.95. The Morgan fingerprint density at radius 1 is 1.14 bits per heavy atom. The molecule has 0 saturated heterocycles. The van der Waals surface area contributed by atoms with Gasteiger partial charge >= 0.3 is 0 Å². The molecule has 0 unspecified atom stereocenters. The summed E-state index contributed by atoms with van der Waals surface area (Å²) in [6.07, 6.45) is 6.46. The van der Waals surface area contributed by atoms with Crippen molar-refractivity contribution >= 4 is 28.8 Å². The molecule has 144 valence electrons.